The summed E-state index contributed by atoms with van der Waals surface area (Å²) in [6.07, 6.45) is -4.65. The van der Waals surface area contributed by atoms with Crippen LogP contribution in [0.15, 0.2) is 59.4 Å². The van der Waals surface area contributed by atoms with Gasteiger partial charge in [0.05, 0.1) is 11.1 Å². The maximum atomic E-state index is 13.4. The third kappa shape index (κ3) is 4.81. The van der Waals surface area contributed by atoms with E-state index in [-0.39, 0.29) is 35.7 Å². The molecule has 1 fully saturated rings. The summed E-state index contributed by atoms with van der Waals surface area (Å²) in [6, 6.07) is 14.6. The number of halogens is 3. The van der Waals surface area contributed by atoms with Crippen LogP contribution in [0, 0.1) is 0 Å². The number of carbonyl (C=O) groups is 1. The molecule has 0 aliphatic carbocycles. The monoisotopic (exact) mass is 459 g/mol. The molecule has 6 nitrogen and oxygen atoms in total. The van der Waals surface area contributed by atoms with E-state index in [4.69, 9.17) is 4.74 Å². The first kappa shape index (κ1) is 22.7. The molecule has 2 aromatic carbocycles. The van der Waals surface area contributed by atoms with Crippen molar-refractivity contribution in [2.75, 3.05) is 37.7 Å². The number of pyridine rings is 1. The lowest BCUT2D eigenvalue weighted by atomic mass is 10.1. The molecule has 1 saturated heterocycles. The van der Waals surface area contributed by atoms with E-state index >= 15 is 0 Å². The lowest BCUT2D eigenvalue weighted by Crippen LogP contribution is -2.50. The fourth-order valence-electron chi connectivity index (χ4n) is 4.10. The fourth-order valence-corrected chi connectivity index (χ4v) is 4.10. The maximum absolute atomic E-state index is 13.4. The van der Waals surface area contributed by atoms with E-state index < -0.39 is 17.3 Å². The van der Waals surface area contributed by atoms with Crippen molar-refractivity contribution < 1.29 is 22.7 Å². The van der Waals surface area contributed by atoms with Gasteiger partial charge >= 0.3 is 6.18 Å². The number of hydrogen-bond donors (Lipinski definition) is 0. The summed E-state index contributed by atoms with van der Waals surface area (Å²) in [4.78, 5) is 28.7. The Labute approximate surface area is 188 Å². The number of piperazine rings is 1. The Bertz CT molecular complexity index is 1200. The fraction of sp³-hybridized carbons (Fsp3) is 0.333. The number of benzene rings is 2. The van der Waals surface area contributed by atoms with Gasteiger partial charge in [-0.15, -0.1) is 0 Å². The van der Waals surface area contributed by atoms with E-state index in [1.807, 2.05) is 30.3 Å². The highest BCUT2D eigenvalue weighted by Gasteiger charge is 2.34. The molecule has 9 heteroatoms. The topological polar surface area (TPSA) is 54.8 Å². The van der Waals surface area contributed by atoms with Gasteiger partial charge in [-0.05, 0) is 31.2 Å². The number of aryl methyl sites for hydroxylation is 1. The van der Waals surface area contributed by atoms with Gasteiger partial charge in [0, 0.05) is 55.9 Å². The second kappa shape index (κ2) is 9.17. The minimum absolute atomic E-state index is 0.0836. The normalized spacial score (nSPS) is 14.5. The molecule has 33 heavy (non-hydrogen) atoms. The molecular formula is C24H24F3N3O3. The van der Waals surface area contributed by atoms with Gasteiger partial charge in [-0.2, -0.15) is 13.2 Å². The van der Waals surface area contributed by atoms with Crippen LogP contribution < -0.4 is 15.2 Å². The smallest absolute Gasteiger partial charge is 0.417 e. The van der Waals surface area contributed by atoms with Crippen molar-refractivity contribution in [2.45, 2.75) is 19.6 Å². The summed E-state index contributed by atoms with van der Waals surface area (Å²) in [5.74, 6) is 0.0411. The molecule has 0 unspecified atom stereocenters. The Morgan fingerprint density at radius 1 is 1.00 bits per heavy atom. The van der Waals surface area contributed by atoms with Crippen molar-refractivity contribution in [1.82, 2.24) is 9.47 Å². The number of nitrogens with zero attached hydrogens (tertiary/aromatic N) is 3. The lowest BCUT2D eigenvalue weighted by Gasteiger charge is -2.36. The molecule has 1 aromatic heterocycles. The van der Waals surface area contributed by atoms with Crippen molar-refractivity contribution in [1.29, 1.82) is 0 Å². The molecule has 4 rings (SSSR count). The molecule has 3 aromatic rings. The van der Waals surface area contributed by atoms with Crippen molar-refractivity contribution in [3.8, 4) is 5.75 Å². The Balaban J connectivity index is 1.45. The largest absolute Gasteiger partial charge is 0.484 e. The molecule has 2 heterocycles. The molecule has 1 aliphatic heterocycles. The number of para-hydroxylation sites is 1. The van der Waals surface area contributed by atoms with E-state index in [2.05, 4.69) is 4.90 Å². The van der Waals surface area contributed by atoms with Gasteiger partial charge in [-0.3, -0.25) is 9.59 Å². The predicted octanol–water partition coefficient (Wildman–Crippen LogP) is 3.77. The van der Waals surface area contributed by atoms with Gasteiger partial charge < -0.3 is 19.1 Å². The zero-order chi connectivity index (χ0) is 23.6. The van der Waals surface area contributed by atoms with Crippen LogP contribution >= 0.6 is 0 Å². The number of alkyl halides is 3. The second-order valence-corrected chi connectivity index (χ2v) is 7.81. The quantitative estimate of drug-likeness (QED) is 0.583. The summed E-state index contributed by atoms with van der Waals surface area (Å²) in [5, 5.41) is -0.0836. The summed E-state index contributed by atoms with van der Waals surface area (Å²) < 4.78 is 47.0. The number of carbonyl (C=O) groups excluding carboxylic acids is 1. The van der Waals surface area contributed by atoms with E-state index in [0.29, 0.717) is 32.2 Å². The Hall–Kier alpha value is -3.49. The molecule has 0 atom stereocenters. The zero-order valence-electron chi connectivity index (χ0n) is 18.1. The lowest BCUT2D eigenvalue weighted by molar-refractivity contribution is -0.136. The molecule has 174 valence electrons. The van der Waals surface area contributed by atoms with Crippen LogP contribution in [0.5, 0.6) is 5.75 Å². The summed E-state index contributed by atoms with van der Waals surface area (Å²) >= 11 is 0. The first-order valence-electron chi connectivity index (χ1n) is 10.7. The molecule has 1 amide bonds. The molecular weight excluding hydrogens is 435 g/mol. The molecule has 0 bridgehead atoms. The number of ether oxygens (including phenoxy) is 1. The standard InChI is InChI=1S/C24H24F3N3O3/c1-2-30-21-14-18(8-9-19(21)20(15-22(30)31)24(25,26)27)33-16-23(32)29-12-10-28(11-13-29)17-6-4-3-5-7-17/h3-9,14-15H,2,10-13,16H2,1H3. The molecule has 0 N–H and O–H groups in total. The van der Waals surface area contributed by atoms with E-state index in [0.717, 1.165) is 5.69 Å². The van der Waals surface area contributed by atoms with E-state index in [1.165, 1.54) is 22.8 Å². The number of anilines is 1. The number of aromatic nitrogens is 1. The summed E-state index contributed by atoms with van der Waals surface area (Å²) in [7, 11) is 0. The van der Waals surface area contributed by atoms with Crippen LogP contribution in [0.3, 0.4) is 0 Å². The molecule has 1 aliphatic rings. The Kier molecular flexibility index (Phi) is 6.31. The van der Waals surface area contributed by atoms with Crippen molar-refractivity contribution in [3.05, 3.63) is 70.5 Å². The van der Waals surface area contributed by atoms with Crippen LogP contribution in [-0.2, 0) is 17.5 Å². The van der Waals surface area contributed by atoms with Crippen LogP contribution in [0.2, 0.25) is 0 Å². The number of hydrogen-bond acceptors (Lipinski definition) is 4. The van der Waals surface area contributed by atoms with Gasteiger partial charge in [0.25, 0.3) is 11.5 Å². The minimum atomic E-state index is -4.65. The average Bonchev–Trinajstić information content (AvgIpc) is 2.82. The highest BCUT2D eigenvalue weighted by molar-refractivity contribution is 5.85. The van der Waals surface area contributed by atoms with Crippen LogP contribution in [0.25, 0.3) is 10.9 Å². The third-order valence-electron chi connectivity index (χ3n) is 5.82. The molecule has 0 saturated carbocycles. The van der Waals surface area contributed by atoms with E-state index in [1.54, 1.807) is 11.8 Å². The van der Waals surface area contributed by atoms with Gasteiger partial charge in [0.15, 0.2) is 6.61 Å². The number of fused-ring (bicyclic) bond motifs is 1. The SMILES string of the molecule is CCn1c(=O)cc(C(F)(F)F)c2ccc(OCC(=O)N3CCN(c4ccccc4)CC3)cc21. The predicted molar refractivity (Wildman–Crippen MR) is 120 cm³/mol. The zero-order valence-corrected chi connectivity index (χ0v) is 18.1. The van der Waals surface area contributed by atoms with Crippen LogP contribution in [0.4, 0.5) is 18.9 Å². The summed E-state index contributed by atoms with van der Waals surface area (Å²) in [5.41, 5.74) is -0.482. The second-order valence-electron chi connectivity index (χ2n) is 7.81. The summed E-state index contributed by atoms with van der Waals surface area (Å²) in [6.45, 7) is 4.18. The highest BCUT2D eigenvalue weighted by atomic mass is 19.4. The Morgan fingerprint density at radius 2 is 1.70 bits per heavy atom. The average molecular weight is 459 g/mol. The minimum Gasteiger partial charge on any atom is -0.484 e. The third-order valence-corrected chi connectivity index (χ3v) is 5.82. The molecule has 0 radical (unpaired) electrons. The van der Waals surface area contributed by atoms with Crippen LogP contribution in [0.1, 0.15) is 12.5 Å². The first-order valence-corrected chi connectivity index (χ1v) is 10.7. The van der Waals surface area contributed by atoms with Gasteiger partial charge in [-0.1, -0.05) is 18.2 Å². The van der Waals surface area contributed by atoms with Crippen molar-refractivity contribution in [3.63, 3.8) is 0 Å². The van der Waals surface area contributed by atoms with E-state index in [9.17, 15) is 22.8 Å². The maximum Gasteiger partial charge on any atom is 0.417 e. The van der Waals surface area contributed by atoms with Gasteiger partial charge in [-0.25, -0.2) is 0 Å². The molecule has 0 spiro atoms. The van der Waals surface area contributed by atoms with Gasteiger partial charge in [0.2, 0.25) is 0 Å². The van der Waals surface area contributed by atoms with Crippen molar-refractivity contribution in [2.24, 2.45) is 0 Å². The van der Waals surface area contributed by atoms with Crippen LogP contribution in [-0.4, -0.2) is 48.2 Å². The highest BCUT2D eigenvalue weighted by Crippen LogP contribution is 2.35. The van der Waals surface area contributed by atoms with Gasteiger partial charge in [0.1, 0.15) is 5.75 Å². The number of rotatable bonds is 5. The van der Waals surface area contributed by atoms with Crippen molar-refractivity contribution >= 4 is 22.5 Å². The number of amides is 1. The first-order chi connectivity index (χ1) is 15.8. The Morgan fingerprint density at radius 3 is 2.33 bits per heavy atom.